The predicted molar refractivity (Wildman–Crippen MR) is 147 cm³/mol. The lowest BCUT2D eigenvalue weighted by Gasteiger charge is -2.37. The maximum absolute atomic E-state index is 13.6. The zero-order chi connectivity index (χ0) is 27.5. The van der Waals surface area contributed by atoms with Gasteiger partial charge in [0.2, 0.25) is 5.91 Å². The molecule has 0 saturated carbocycles. The average Bonchev–Trinajstić information content (AvgIpc) is 2.95. The van der Waals surface area contributed by atoms with Crippen molar-refractivity contribution in [2.24, 2.45) is 0 Å². The lowest BCUT2D eigenvalue weighted by atomic mass is 9.91. The van der Waals surface area contributed by atoms with Crippen molar-refractivity contribution in [3.63, 3.8) is 0 Å². The smallest absolute Gasteiger partial charge is 0.336 e. The number of methoxy groups -OCH3 is 3. The summed E-state index contributed by atoms with van der Waals surface area (Å²) in [6.45, 7) is 2.61. The molecule has 1 aromatic heterocycles. The number of hydrogen-bond donors (Lipinski definition) is 0. The molecular formula is C31H31NO7. The molecule has 0 bridgehead atoms. The largest absolute Gasteiger partial charge is 0.497 e. The Bertz CT molecular complexity index is 1560. The summed E-state index contributed by atoms with van der Waals surface area (Å²) >= 11 is 0. The summed E-state index contributed by atoms with van der Waals surface area (Å²) in [4.78, 5) is 27.4. The summed E-state index contributed by atoms with van der Waals surface area (Å²) in [5.74, 6) is 2.52. The Kier molecular flexibility index (Phi) is 7.45. The fraction of sp³-hybridized carbons (Fsp3) is 0.290. The molecule has 0 N–H and O–H groups in total. The molecule has 1 amide bonds. The monoisotopic (exact) mass is 529 g/mol. The molecule has 1 aliphatic rings. The molecule has 2 heterocycles. The molecule has 1 aliphatic heterocycles. The van der Waals surface area contributed by atoms with E-state index in [0.717, 1.165) is 33.4 Å². The molecule has 0 unspecified atom stereocenters. The number of aryl methyl sites for hydroxylation is 1. The Balaban J connectivity index is 1.46. The lowest BCUT2D eigenvalue weighted by molar-refractivity contribution is -0.134. The topological polar surface area (TPSA) is 87.4 Å². The van der Waals surface area contributed by atoms with Crippen molar-refractivity contribution in [1.29, 1.82) is 0 Å². The second-order valence-corrected chi connectivity index (χ2v) is 9.50. The number of carbonyl (C=O) groups excluding carboxylic acids is 1. The Labute approximate surface area is 226 Å². The Morgan fingerprint density at radius 1 is 0.923 bits per heavy atom. The van der Waals surface area contributed by atoms with Crippen LogP contribution in [0.4, 0.5) is 0 Å². The van der Waals surface area contributed by atoms with Crippen LogP contribution in [0.2, 0.25) is 0 Å². The number of ether oxygens (including phenoxy) is 4. The van der Waals surface area contributed by atoms with E-state index >= 15 is 0 Å². The Morgan fingerprint density at radius 3 is 2.36 bits per heavy atom. The fourth-order valence-corrected chi connectivity index (χ4v) is 5.10. The third kappa shape index (κ3) is 5.41. The molecule has 8 heteroatoms. The molecule has 0 aliphatic carbocycles. The van der Waals surface area contributed by atoms with Crippen molar-refractivity contribution in [3.05, 3.63) is 93.3 Å². The van der Waals surface area contributed by atoms with Gasteiger partial charge in [-0.05, 0) is 72.0 Å². The van der Waals surface area contributed by atoms with Gasteiger partial charge in [0.15, 0.2) is 11.5 Å². The summed E-state index contributed by atoms with van der Waals surface area (Å²) in [5, 5.41) is 0.845. The maximum Gasteiger partial charge on any atom is 0.336 e. The number of nitrogens with zero attached hydrogens (tertiary/aromatic N) is 1. The van der Waals surface area contributed by atoms with E-state index in [4.69, 9.17) is 23.4 Å². The van der Waals surface area contributed by atoms with E-state index in [1.165, 1.54) is 6.07 Å². The number of rotatable bonds is 8. The Hall–Kier alpha value is -4.46. The van der Waals surface area contributed by atoms with Gasteiger partial charge in [0.1, 0.15) is 23.7 Å². The van der Waals surface area contributed by atoms with Crippen LogP contribution in [0.1, 0.15) is 28.3 Å². The van der Waals surface area contributed by atoms with Crippen LogP contribution in [0.25, 0.3) is 11.0 Å². The minimum Gasteiger partial charge on any atom is -0.497 e. The third-order valence-electron chi connectivity index (χ3n) is 7.17. The van der Waals surface area contributed by atoms with E-state index in [1.54, 1.807) is 27.4 Å². The molecule has 0 spiro atoms. The van der Waals surface area contributed by atoms with Gasteiger partial charge in [-0.25, -0.2) is 4.79 Å². The molecule has 0 fully saturated rings. The second kappa shape index (κ2) is 11.1. The SMILES string of the molecule is COc1ccc(CC(=O)N2CCc3cc(OC)c(OC)cc3[C@H]2COc2ccc3c(C)cc(=O)oc3c2)cc1. The van der Waals surface area contributed by atoms with E-state index in [9.17, 15) is 9.59 Å². The molecule has 5 rings (SSSR count). The fourth-order valence-electron chi connectivity index (χ4n) is 5.10. The molecular weight excluding hydrogens is 498 g/mol. The number of fused-ring (bicyclic) bond motifs is 2. The van der Waals surface area contributed by atoms with Crippen LogP contribution < -0.4 is 24.6 Å². The first-order chi connectivity index (χ1) is 18.9. The lowest BCUT2D eigenvalue weighted by Crippen LogP contribution is -2.43. The highest BCUT2D eigenvalue weighted by atomic mass is 16.5. The van der Waals surface area contributed by atoms with Gasteiger partial charge in [0.05, 0.1) is 33.8 Å². The van der Waals surface area contributed by atoms with Crippen LogP contribution in [0.3, 0.4) is 0 Å². The highest BCUT2D eigenvalue weighted by Crippen LogP contribution is 2.39. The number of benzene rings is 3. The molecule has 1 atom stereocenters. The summed E-state index contributed by atoms with van der Waals surface area (Å²) in [5.41, 5.74) is 3.82. The van der Waals surface area contributed by atoms with Crippen LogP contribution in [0, 0.1) is 6.92 Å². The van der Waals surface area contributed by atoms with E-state index < -0.39 is 5.63 Å². The van der Waals surface area contributed by atoms with Crippen LogP contribution in [0.15, 0.2) is 69.9 Å². The van der Waals surface area contributed by atoms with Crippen molar-refractivity contribution in [2.75, 3.05) is 34.5 Å². The van der Waals surface area contributed by atoms with Gasteiger partial charge in [0.25, 0.3) is 0 Å². The summed E-state index contributed by atoms with van der Waals surface area (Å²) in [6, 6.07) is 17.9. The molecule has 3 aromatic carbocycles. The molecule has 0 radical (unpaired) electrons. The van der Waals surface area contributed by atoms with Crippen LogP contribution in [-0.4, -0.2) is 45.3 Å². The summed E-state index contributed by atoms with van der Waals surface area (Å²) < 4.78 is 28.0. The predicted octanol–water partition coefficient (Wildman–Crippen LogP) is 4.87. The quantitative estimate of drug-likeness (QED) is 0.301. The first kappa shape index (κ1) is 26.2. The van der Waals surface area contributed by atoms with E-state index in [2.05, 4.69) is 0 Å². The summed E-state index contributed by atoms with van der Waals surface area (Å²) in [6.07, 6.45) is 0.935. The van der Waals surface area contributed by atoms with Crippen molar-refractivity contribution >= 4 is 16.9 Å². The van der Waals surface area contributed by atoms with Crippen molar-refractivity contribution in [1.82, 2.24) is 4.90 Å². The third-order valence-corrected chi connectivity index (χ3v) is 7.17. The average molecular weight is 530 g/mol. The van der Waals surface area contributed by atoms with Crippen molar-refractivity contribution < 1.29 is 28.2 Å². The van der Waals surface area contributed by atoms with Crippen LogP contribution in [0.5, 0.6) is 23.0 Å². The summed E-state index contributed by atoms with van der Waals surface area (Å²) in [7, 11) is 4.82. The highest BCUT2D eigenvalue weighted by Gasteiger charge is 2.33. The molecule has 4 aromatic rings. The minimum absolute atomic E-state index is 0.00525. The maximum atomic E-state index is 13.6. The van der Waals surface area contributed by atoms with Gasteiger partial charge >= 0.3 is 5.63 Å². The standard InChI is InChI=1S/C31H31NO7/c1-19-13-31(34)39-27-16-23(9-10-24(19)27)38-18-26-25-17-29(37-4)28(36-3)15-21(25)11-12-32(26)30(33)14-20-5-7-22(35-2)8-6-20/h5-10,13,15-17,26H,11-12,14,18H2,1-4H3/t26-/m1/s1. The van der Waals surface area contributed by atoms with Gasteiger partial charge in [-0.15, -0.1) is 0 Å². The van der Waals surface area contributed by atoms with Gasteiger partial charge < -0.3 is 28.3 Å². The number of hydrogen-bond acceptors (Lipinski definition) is 7. The first-order valence-electron chi connectivity index (χ1n) is 12.7. The molecule has 0 saturated heterocycles. The highest BCUT2D eigenvalue weighted by molar-refractivity contribution is 5.81. The van der Waals surface area contributed by atoms with Crippen molar-refractivity contribution in [3.8, 4) is 23.0 Å². The second-order valence-electron chi connectivity index (χ2n) is 9.50. The number of amides is 1. The van der Waals surface area contributed by atoms with Gasteiger partial charge in [-0.2, -0.15) is 0 Å². The number of carbonyl (C=O) groups is 1. The van der Waals surface area contributed by atoms with Gasteiger partial charge in [-0.1, -0.05) is 12.1 Å². The molecule has 202 valence electrons. The molecule has 8 nitrogen and oxygen atoms in total. The van der Waals surface area contributed by atoms with E-state index in [1.807, 2.05) is 60.4 Å². The van der Waals surface area contributed by atoms with Crippen LogP contribution in [-0.2, 0) is 17.6 Å². The van der Waals surface area contributed by atoms with Gasteiger partial charge in [-0.3, -0.25) is 4.79 Å². The zero-order valence-corrected chi connectivity index (χ0v) is 22.5. The molecule has 39 heavy (non-hydrogen) atoms. The van der Waals surface area contributed by atoms with Crippen molar-refractivity contribution in [2.45, 2.75) is 25.8 Å². The van der Waals surface area contributed by atoms with E-state index in [-0.39, 0.29) is 25.0 Å². The zero-order valence-electron chi connectivity index (χ0n) is 22.5. The van der Waals surface area contributed by atoms with E-state index in [0.29, 0.717) is 35.8 Å². The normalized spacial score (nSPS) is 14.6. The first-order valence-corrected chi connectivity index (χ1v) is 12.7. The minimum atomic E-state index is -0.408. The van der Waals surface area contributed by atoms with Crippen LogP contribution >= 0.6 is 0 Å². The van der Waals surface area contributed by atoms with Gasteiger partial charge in [0, 0.05) is 24.1 Å². The Morgan fingerprint density at radius 2 is 1.64 bits per heavy atom.